The molecule has 0 bridgehead atoms. The summed E-state index contributed by atoms with van der Waals surface area (Å²) in [6.45, 7) is -0.450. The Morgan fingerprint density at radius 3 is 1.81 bits per heavy atom. The van der Waals surface area contributed by atoms with Gasteiger partial charge in [0.25, 0.3) is 20.2 Å². The van der Waals surface area contributed by atoms with E-state index in [9.17, 15) is 16.8 Å². The SMILES string of the molecule is CS(=O)(=O)OCC(COS(C)(=O)=O)OCc1ccccc1. The minimum absolute atomic E-state index is 0.186. The number of rotatable bonds is 9. The normalized spacial score (nSPS) is 12.7. The fourth-order valence-electron chi connectivity index (χ4n) is 1.33. The second-order valence-corrected chi connectivity index (χ2v) is 7.68. The Morgan fingerprint density at radius 2 is 1.38 bits per heavy atom. The molecule has 0 heterocycles. The minimum atomic E-state index is -3.64. The molecule has 0 aromatic heterocycles. The number of hydrogen-bond donors (Lipinski definition) is 0. The van der Waals surface area contributed by atoms with Crippen molar-refractivity contribution in [2.75, 3.05) is 25.7 Å². The molecule has 7 nitrogen and oxygen atoms in total. The van der Waals surface area contributed by atoms with Gasteiger partial charge < -0.3 is 4.74 Å². The van der Waals surface area contributed by atoms with E-state index in [1.54, 1.807) is 0 Å². The summed E-state index contributed by atoms with van der Waals surface area (Å²) in [5.74, 6) is 0. The highest BCUT2D eigenvalue weighted by Crippen LogP contribution is 2.06. The van der Waals surface area contributed by atoms with Crippen molar-refractivity contribution in [1.29, 1.82) is 0 Å². The molecule has 0 radical (unpaired) electrons. The van der Waals surface area contributed by atoms with E-state index in [0.29, 0.717) is 0 Å². The third kappa shape index (κ3) is 9.53. The van der Waals surface area contributed by atoms with Crippen LogP contribution >= 0.6 is 0 Å². The second kappa shape index (κ2) is 7.85. The maximum Gasteiger partial charge on any atom is 0.264 e. The third-order valence-electron chi connectivity index (χ3n) is 2.26. The number of benzene rings is 1. The molecule has 120 valence electrons. The Kier molecular flexibility index (Phi) is 6.75. The molecule has 0 aliphatic heterocycles. The molecule has 1 aromatic carbocycles. The maximum atomic E-state index is 11.0. The van der Waals surface area contributed by atoms with Gasteiger partial charge in [-0.3, -0.25) is 8.37 Å². The van der Waals surface area contributed by atoms with Crippen LogP contribution in [0.5, 0.6) is 0 Å². The van der Waals surface area contributed by atoms with Gasteiger partial charge >= 0.3 is 0 Å². The van der Waals surface area contributed by atoms with Gasteiger partial charge in [0, 0.05) is 0 Å². The van der Waals surface area contributed by atoms with Crippen LogP contribution in [0.1, 0.15) is 5.56 Å². The summed E-state index contributed by atoms with van der Waals surface area (Å²) in [6, 6.07) is 9.15. The van der Waals surface area contributed by atoms with E-state index < -0.39 is 26.3 Å². The van der Waals surface area contributed by atoms with Crippen molar-refractivity contribution in [1.82, 2.24) is 0 Å². The van der Waals surface area contributed by atoms with Crippen molar-refractivity contribution in [2.24, 2.45) is 0 Å². The average Bonchev–Trinajstić information content (AvgIpc) is 2.36. The van der Waals surface area contributed by atoms with Crippen molar-refractivity contribution in [3.8, 4) is 0 Å². The lowest BCUT2D eigenvalue weighted by atomic mass is 10.2. The van der Waals surface area contributed by atoms with Crippen molar-refractivity contribution in [3.05, 3.63) is 35.9 Å². The highest BCUT2D eigenvalue weighted by Gasteiger charge is 2.16. The summed E-state index contributed by atoms with van der Waals surface area (Å²) in [5.41, 5.74) is 0.862. The molecular weight excluding hydrogens is 320 g/mol. The molecule has 0 saturated carbocycles. The van der Waals surface area contributed by atoms with E-state index in [-0.39, 0.29) is 19.8 Å². The lowest BCUT2D eigenvalue weighted by Gasteiger charge is -2.17. The summed E-state index contributed by atoms with van der Waals surface area (Å²) in [5, 5.41) is 0. The fourth-order valence-corrected chi connectivity index (χ4v) is 2.13. The van der Waals surface area contributed by atoms with Crippen LogP contribution in [0.15, 0.2) is 30.3 Å². The van der Waals surface area contributed by atoms with Crippen LogP contribution in [-0.2, 0) is 39.9 Å². The van der Waals surface area contributed by atoms with Crippen LogP contribution in [0, 0.1) is 0 Å². The van der Waals surface area contributed by atoms with Crippen LogP contribution in [0.2, 0.25) is 0 Å². The Hall–Kier alpha value is -1.00. The monoisotopic (exact) mass is 338 g/mol. The molecule has 0 spiro atoms. The number of hydrogen-bond acceptors (Lipinski definition) is 7. The summed E-state index contributed by atoms with van der Waals surface area (Å²) < 4.78 is 58.6. The molecule has 9 heteroatoms. The largest absolute Gasteiger partial charge is 0.369 e. The Labute approximate surface area is 125 Å². The lowest BCUT2D eigenvalue weighted by Crippen LogP contribution is -2.28. The molecule has 0 unspecified atom stereocenters. The Morgan fingerprint density at radius 1 is 0.905 bits per heavy atom. The summed E-state index contributed by atoms with van der Waals surface area (Å²) >= 11 is 0. The smallest absolute Gasteiger partial charge is 0.264 e. The second-order valence-electron chi connectivity index (χ2n) is 4.40. The molecule has 21 heavy (non-hydrogen) atoms. The third-order valence-corrected chi connectivity index (χ3v) is 3.39. The highest BCUT2D eigenvalue weighted by atomic mass is 32.2. The Balaban J connectivity index is 2.58. The van der Waals surface area contributed by atoms with Crippen molar-refractivity contribution in [3.63, 3.8) is 0 Å². The van der Waals surface area contributed by atoms with E-state index in [4.69, 9.17) is 4.74 Å². The molecule has 1 rings (SSSR count). The van der Waals surface area contributed by atoms with E-state index >= 15 is 0 Å². The molecule has 0 atom stereocenters. The molecule has 0 N–H and O–H groups in total. The zero-order valence-corrected chi connectivity index (χ0v) is 13.4. The molecule has 1 aromatic rings. The van der Waals surface area contributed by atoms with E-state index in [2.05, 4.69) is 8.37 Å². The van der Waals surface area contributed by atoms with Gasteiger partial charge in [-0.15, -0.1) is 0 Å². The van der Waals surface area contributed by atoms with Crippen LogP contribution in [0.25, 0.3) is 0 Å². The van der Waals surface area contributed by atoms with E-state index in [0.717, 1.165) is 18.1 Å². The predicted molar refractivity (Wildman–Crippen MR) is 76.6 cm³/mol. The highest BCUT2D eigenvalue weighted by molar-refractivity contribution is 7.86. The zero-order valence-electron chi connectivity index (χ0n) is 11.8. The van der Waals surface area contributed by atoms with Crippen LogP contribution in [-0.4, -0.2) is 48.7 Å². The topological polar surface area (TPSA) is 96.0 Å². The average molecular weight is 338 g/mol. The lowest BCUT2D eigenvalue weighted by molar-refractivity contribution is -0.0138. The summed E-state index contributed by atoms with van der Waals surface area (Å²) in [4.78, 5) is 0. The van der Waals surface area contributed by atoms with E-state index in [1.807, 2.05) is 30.3 Å². The molecular formula is C12H18O7S2. The first-order valence-electron chi connectivity index (χ1n) is 6.00. The van der Waals surface area contributed by atoms with Gasteiger partial charge in [0.2, 0.25) is 0 Å². The first-order chi connectivity index (χ1) is 9.66. The molecule has 0 fully saturated rings. The van der Waals surface area contributed by atoms with Gasteiger partial charge in [0.1, 0.15) is 6.10 Å². The van der Waals surface area contributed by atoms with Crippen LogP contribution in [0.3, 0.4) is 0 Å². The van der Waals surface area contributed by atoms with Gasteiger partial charge in [-0.2, -0.15) is 16.8 Å². The van der Waals surface area contributed by atoms with Crippen LogP contribution < -0.4 is 0 Å². The zero-order chi connectivity index (χ0) is 15.9. The fraction of sp³-hybridized carbons (Fsp3) is 0.500. The first-order valence-corrected chi connectivity index (χ1v) is 9.63. The van der Waals surface area contributed by atoms with Crippen molar-refractivity contribution >= 4 is 20.2 Å². The number of ether oxygens (including phenoxy) is 1. The van der Waals surface area contributed by atoms with Crippen molar-refractivity contribution in [2.45, 2.75) is 12.7 Å². The maximum absolute atomic E-state index is 11.0. The first kappa shape index (κ1) is 18.1. The van der Waals surface area contributed by atoms with Gasteiger partial charge in [0.05, 0.1) is 32.3 Å². The minimum Gasteiger partial charge on any atom is -0.369 e. The quantitative estimate of drug-likeness (QED) is 0.606. The summed E-state index contributed by atoms with van der Waals surface area (Å²) in [7, 11) is -7.28. The van der Waals surface area contributed by atoms with Gasteiger partial charge in [0.15, 0.2) is 0 Å². The van der Waals surface area contributed by atoms with Gasteiger partial charge in [-0.1, -0.05) is 30.3 Å². The summed E-state index contributed by atoms with van der Waals surface area (Å²) in [6.07, 6.45) is 0.979. The molecule has 0 aliphatic carbocycles. The van der Waals surface area contributed by atoms with E-state index in [1.165, 1.54) is 0 Å². The van der Waals surface area contributed by atoms with Crippen molar-refractivity contribution < 1.29 is 29.9 Å². The van der Waals surface area contributed by atoms with Gasteiger partial charge in [-0.05, 0) is 5.56 Å². The molecule has 0 saturated heterocycles. The molecule has 0 aliphatic rings. The predicted octanol–water partition coefficient (Wildman–Crippen LogP) is 0.524. The van der Waals surface area contributed by atoms with Gasteiger partial charge in [-0.25, -0.2) is 0 Å². The molecule has 0 amide bonds. The van der Waals surface area contributed by atoms with Crippen LogP contribution in [0.4, 0.5) is 0 Å². The Bertz CT molecular complexity index is 587. The standard InChI is InChI=1S/C12H18O7S2/c1-20(13,14)18-9-12(10-19-21(2,15)16)17-8-11-6-4-3-5-7-11/h3-7,12H,8-10H2,1-2H3.